The van der Waals surface area contributed by atoms with Crippen molar-refractivity contribution in [1.82, 2.24) is 15.5 Å². The number of hydrogen-bond acceptors (Lipinski definition) is 4. The number of aryl methyl sites for hydroxylation is 2. The maximum atomic E-state index is 12.6. The molecule has 1 heterocycles. The zero-order valence-electron chi connectivity index (χ0n) is 18.0. The lowest BCUT2D eigenvalue weighted by Gasteiger charge is -2.23. The van der Waals surface area contributed by atoms with Gasteiger partial charge in [0.2, 0.25) is 5.91 Å². The molecular weight excluding hydrogens is 362 g/mol. The third-order valence-corrected chi connectivity index (χ3v) is 5.72. The second-order valence-electron chi connectivity index (χ2n) is 7.89. The summed E-state index contributed by atoms with van der Waals surface area (Å²) in [5, 5.41) is 6.69. The molecule has 1 amide bonds. The summed E-state index contributed by atoms with van der Waals surface area (Å²) >= 11 is 0. The van der Waals surface area contributed by atoms with Crippen LogP contribution in [0.3, 0.4) is 0 Å². The normalized spacial score (nSPS) is 19.3. The van der Waals surface area contributed by atoms with Crippen LogP contribution in [0.4, 0.5) is 0 Å². The van der Waals surface area contributed by atoms with Crippen molar-refractivity contribution in [3.63, 3.8) is 0 Å². The third kappa shape index (κ3) is 5.37. The number of amides is 1. The van der Waals surface area contributed by atoms with Crippen molar-refractivity contribution < 1.29 is 9.53 Å². The van der Waals surface area contributed by atoms with E-state index in [-0.39, 0.29) is 18.0 Å². The molecule has 2 N–H and O–H groups in total. The molecule has 5 nitrogen and oxygen atoms in total. The van der Waals surface area contributed by atoms with Crippen LogP contribution in [0.5, 0.6) is 5.75 Å². The quantitative estimate of drug-likeness (QED) is 0.721. The van der Waals surface area contributed by atoms with E-state index in [9.17, 15) is 4.79 Å². The van der Waals surface area contributed by atoms with E-state index < -0.39 is 0 Å². The van der Waals surface area contributed by atoms with Crippen LogP contribution in [-0.4, -0.2) is 43.1 Å². The Bertz CT molecular complexity index is 822. The first kappa shape index (κ1) is 21.3. The predicted molar refractivity (Wildman–Crippen MR) is 117 cm³/mol. The third-order valence-electron chi connectivity index (χ3n) is 5.72. The van der Waals surface area contributed by atoms with Crippen LogP contribution < -0.4 is 15.4 Å². The van der Waals surface area contributed by atoms with Crippen molar-refractivity contribution in [1.29, 1.82) is 0 Å². The highest BCUT2D eigenvalue weighted by Crippen LogP contribution is 2.24. The number of ether oxygens (including phenoxy) is 1. The molecule has 0 aliphatic carbocycles. The minimum Gasteiger partial charge on any atom is -0.496 e. The van der Waals surface area contributed by atoms with Gasteiger partial charge >= 0.3 is 0 Å². The Balaban J connectivity index is 1.67. The maximum absolute atomic E-state index is 12.6. The fourth-order valence-corrected chi connectivity index (χ4v) is 4.12. The highest BCUT2D eigenvalue weighted by molar-refractivity contribution is 5.82. The molecule has 156 valence electrons. The highest BCUT2D eigenvalue weighted by atomic mass is 16.5. The standard InChI is InChI=1S/C24H33N3O2/c1-5-25-24(28)22-13-21(16-27(22)15-19-9-7-6-8-10-19)26-14-20-11-18(3)23(29-4)12-17(20)2/h6-12,21-22,26H,5,13-16H2,1-4H3,(H,25,28)/t21-,22-/m0/s1. The summed E-state index contributed by atoms with van der Waals surface area (Å²) < 4.78 is 5.42. The Hall–Kier alpha value is -2.37. The van der Waals surface area contributed by atoms with Crippen molar-refractivity contribution >= 4 is 5.91 Å². The van der Waals surface area contributed by atoms with Crippen LogP contribution in [-0.2, 0) is 17.9 Å². The minimum atomic E-state index is -0.0913. The van der Waals surface area contributed by atoms with Gasteiger partial charge in [0.15, 0.2) is 0 Å². The Morgan fingerprint density at radius 3 is 2.62 bits per heavy atom. The lowest BCUT2D eigenvalue weighted by molar-refractivity contribution is -0.125. The van der Waals surface area contributed by atoms with Gasteiger partial charge in [-0.3, -0.25) is 9.69 Å². The Morgan fingerprint density at radius 2 is 1.93 bits per heavy atom. The Labute approximate surface area is 174 Å². The number of nitrogens with one attached hydrogen (secondary N) is 2. The van der Waals surface area contributed by atoms with Crippen molar-refractivity contribution in [2.45, 2.75) is 52.4 Å². The first-order chi connectivity index (χ1) is 14.0. The van der Waals surface area contributed by atoms with Crippen molar-refractivity contribution in [2.75, 3.05) is 20.2 Å². The van der Waals surface area contributed by atoms with Crippen LogP contribution in [0.15, 0.2) is 42.5 Å². The number of likely N-dealkylation sites (N-methyl/N-ethyl adjacent to an activating group) is 1. The second-order valence-corrected chi connectivity index (χ2v) is 7.89. The van der Waals surface area contributed by atoms with Gasteiger partial charge in [0.25, 0.3) is 0 Å². The van der Waals surface area contributed by atoms with Crippen LogP contribution in [0, 0.1) is 13.8 Å². The van der Waals surface area contributed by atoms with Crippen LogP contribution in [0.2, 0.25) is 0 Å². The summed E-state index contributed by atoms with van der Waals surface area (Å²) in [6, 6.07) is 14.9. The zero-order chi connectivity index (χ0) is 20.8. The van der Waals surface area contributed by atoms with Gasteiger partial charge in [-0.15, -0.1) is 0 Å². The van der Waals surface area contributed by atoms with E-state index in [1.807, 2.05) is 13.0 Å². The summed E-state index contributed by atoms with van der Waals surface area (Å²) in [5.74, 6) is 1.06. The van der Waals surface area contributed by atoms with E-state index in [1.165, 1.54) is 16.7 Å². The first-order valence-electron chi connectivity index (χ1n) is 10.4. The molecule has 0 aromatic heterocycles. The van der Waals surface area contributed by atoms with E-state index in [4.69, 9.17) is 4.74 Å². The summed E-state index contributed by atoms with van der Waals surface area (Å²) in [6.45, 7) is 9.28. The average molecular weight is 396 g/mol. The van der Waals surface area contributed by atoms with Crippen molar-refractivity contribution in [2.24, 2.45) is 0 Å². The SMILES string of the molecule is CCNC(=O)[C@@H]1C[C@H](NCc2cc(C)c(OC)cc2C)CN1Cc1ccccc1. The van der Waals surface area contributed by atoms with Gasteiger partial charge in [-0.2, -0.15) is 0 Å². The van der Waals surface area contributed by atoms with Crippen LogP contribution in [0.1, 0.15) is 35.6 Å². The molecule has 1 fully saturated rings. The maximum Gasteiger partial charge on any atom is 0.237 e. The second kappa shape index (κ2) is 9.90. The molecule has 5 heteroatoms. The predicted octanol–water partition coefficient (Wildman–Crippen LogP) is 3.18. The number of rotatable bonds is 8. The van der Waals surface area contributed by atoms with Gasteiger partial charge in [0.1, 0.15) is 5.75 Å². The lowest BCUT2D eigenvalue weighted by Crippen LogP contribution is -2.42. The molecule has 0 unspecified atom stereocenters. The number of benzene rings is 2. The molecule has 1 aliphatic heterocycles. The van der Waals surface area contributed by atoms with E-state index in [0.717, 1.165) is 37.4 Å². The molecule has 3 rings (SSSR count). The Morgan fingerprint density at radius 1 is 1.17 bits per heavy atom. The summed E-state index contributed by atoms with van der Waals surface area (Å²) in [7, 11) is 1.71. The van der Waals surface area contributed by atoms with Gasteiger partial charge in [-0.25, -0.2) is 0 Å². The monoisotopic (exact) mass is 395 g/mol. The van der Waals surface area contributed by atoms with Gasteiger partial charge in [-0.05, 0) is 55.5 Å². The van der Waals surface area contributed by atoms with Gasteiger partial charge in [0, 0.05) is 32.2 Å². The molecule has 0 radical (unpaired) electrons. The van der Waals surface area contributed by atoms with Crippen molar-refractivity contribution in [3.05, 3.63) is 64.7 Å². The molecule has 0 saturated carbocycles. The van der Waals surface area contributed by atoms with Crippen LogP contribution >= 0.6 is 0 Å². The molecule has 2 aromatic rings. The highest BCUT2D eigenvalue weighted by Gasteiger charge is 2.36. The number of carbonyl (C=O) groups excluding carboxylic acids is 1. The molecular formula is C24H33N3O2. The Kier molecular flexibility index (Phi) is 7.29. The largest absolute Gasteiger partial charge is 0.496 e. The molecule has 2 aromatic carbocycles. The molecule has 29 heavy (non-hydrogen) atoms. The molecule has 2 atom stereocenters. The summed E-state index contributed by atoms with van der Waals surface area (Å²) in [6.07, 6.45) is 0.826. The molecule has 0 bridgehead atoms. The smallest absolute Gasteiger partial charge is 0.237 e. The number of nitrogens with zero attached hydrogens (tertiary/aromatic N) is 1. The summed E-state index contributed by atoms with van der Waals surface area (Å²) in [4.78, 5) is 14.9. The number of hydrogen-bond donors (Lipinski definition) is 2. The van der Waals surface area contributed by atoms with E-state index in [1.54, 1.807) is 7.11 Å². The fourth-order valence-electron chi connectivity index (χ4n) is 4.12. The fraction of sp³-hybridized carbons (Fsp3) is 0.458. The van der Waals surface area contributed by atoms with Crippen LogP contribution in [0.25, 0.3) is 0 Å². The van der Waals surface area contributed by atoms with Crippen molar-refractivity contribution in [3.8, 4) is 5.75 Å². The van der Waals surface area contributed by atoms with E-state index in [2.05, 4.69) is 65.8 Å². The minimum absolute atomic E-state index is 0.0913. The number of likely N-dealkylation sites (tertiary alicyclic amines) is 1. The van der Waals surface area contributed by atoms with E-state index >= 15 is 0 Å². The van der Waals surface area contributed by atoms with Gasteiger partial charge in [0.05, 0.1) is 13.2 Å². The molecule has 1 aliphatic rings. The number of carbonyl (C=O) groups is 1. The average Bonchev–Trinajstić information content (AvgIpc) is 3.12. The zero-order valence-corrected chi connectivity index (χ0v) is 18.0. The van der Waals surface area contributed by atoms with Gasteiger partial charge in [-0.1, -0.05) is 36.4 Å². The lowest BCUT2D eigenvalue weighted by atomic mass is 10.0. The molecule has 0 spiro atoms. The van der Waals surface area contributed by atoms with E-state index in [0.29, 0.717) is 6.54 Å². The summed E-state index contributed by atoms with van der Waals surface area (Å²) in [5.41, 5.74) is 4.88. The first-order valence-corrected chi connectivity index (χ1v) is 10.4. The topological polar surface area (TPSA) is 53.6 Å². The molecule has 1 saturated heterocycles. The number of methoxy groups -OCH3 is 1. The van der Waals surface area contributed by atoms with Gasteiger partial charge < -0.3 is 15.4 Å².